The summed E-state index contributed by atoms with van der Waals surface area (Å²) in [6.07, 6.45) is 9.44. The Morgan fingerprint density at radius 2 is 1.87 bits per heavy atom. The molecule has 5 unspecified atom stereocenters. The summed E-state index contributed by atoms with van der Waals surface area (Å²) >= 11 is 0. The van der Waals surface area contributed by atoms with Gasteiger partial charge in [0.2, 0.25) is 4.58 Å². The second-order valence-corrected chi connectivity index (χ2v) is 11.8. The zero-order valence-corrected chi connectivity index (χ0v) is 15.6. The van der Waals surface area contributed by atoms with Gasteiger partial charge < -0.3 is 0 Å². The molecule has 0 heterocycles. The molecule has 2 bridgehead atoms. The standard InChI is InChI=1S/C17H28O4S2/c1-2-15(23(19,20)21)22(11-12-6-4-3-5-7-12)17-14-9-8-13(10-14)16(17)18/h12-15,17H,2-11H2,1H3/p+1. The van der Waals surface area contributed by atoms with Gasteiger partial charge in [-0.15, -0.1) is 0 Å². The summed E-state index contributed by atoms with van der Waals surface area (Å²) < 4.78 is 33.0. The minimum atomic E-state index is -4.08. The summed E-state index contributed by atoms with van der Waals surface area (Å²) in [5.41, 5.74) is 0. The second-order valence-electron chi connectivity index (χ2n) is 7.59. The van der Waals surface area contributed by atoms with Gasteiger partial charge in [-0.3, -0.25) is 9.35 Å². The van der Waals surface area contributed by atoms with Crippen molar-refractivity contribution in [1.29, 1.82) is 0 Å². The minimum absolute atomic E-state index is 0.0949. The Kier molecular flexibility index (Phi) is 5.43. The maximum Gasteiger partial charge on any atom is 0.314 e. The Bertz CT molecular complexity index is 539. The molecule has 3 fully saturated rings. The summed E-state index contributed by atoms with van der Waals surface area (Å²) in [5, 5.41) is -0.0949. The summed E-state index contributed by atoms with van der Waals surface area (Å²) in [4.78, 5) is 12.7. The Hall–Kier alpha value is -0.0700. The molecule has 3 rings (SSSR count). The Morgan fingerprint density at radius 1 is 1.17 bits per heavy atom. The lowest BCUT2D eigenvalue weighted by atomic mass is 9.91. The molecule has 6 heteroatoms. The average Bonchev–Trinajstić information content (AvgIpc) is 3.08. The van der Waals surface area contributed by atoms with E-state index < -0.39 is 25.6 Å². The highest BCUT2D eigenvalue weighted by Gasteiger charge is 2.59. The van der Waals surface area contributed by atoms with E-state index >= 15 is 0 Å². The molecule has 23 heavy (non-hydrogen) atoms. The van der Waals surface area contributed by atoms with Gasteiger partial charge in [0.05, 0.1) is 0 Å². The van der Waals surface area contributed by atoms with Gasteiger partial charge in [0.25, 0.3) is 0 Å². The molecule has 3 aliphatic carbocycles. The van der Waals surface area contributed by atoms with Gasteiger partial charge in [0.1, 0.15) is 5.75 Å². The van der Waals surface area contributed by atoms with Gasteiger partial charge in [-0.05, 0) is 32.1 Å². The number of ketones is 1. The summed E-state index contributed by atoms with van der Waals surface area (Å²) in [5.74, 6) is 2.22. The highest BCUT2D eigenvalue weighted by Crippen LogP contribution is 2.48. The van der Waals surface area contributed by atoms with Crippen LogP contribution in [0.3, 0.4) is 0 Å². The zero-order valence-electron chi connectivity index (χ0n) is 13.9. The van der Waals surface area contributed by atoms with Crippen LogP contribution in [0.15, 0.2) is 0 Å². The summed E-state index contributed by atoms with van der Waals surface area (Å²) in [6.45, 7) is 1.83. The van der Waals surface area contributed by atoms with Gasteiger partial charge >= 0.3 is 10.1 Å². The second kappa shape index (κ2) is 7.04. The molecule has 4 nitrogen and oxygen atoms in total. The van der Waals surface area contributed by atoms with Crippen molar-refractivity contribution < 1.29 is 17.8 Å². The van der Waals surface area contributed by atoms with Crippen LogP contribution in [-0.2, 0) is 25.8 Å². The first-order chi connectivity index (χ1) is 10.9. The predicted molar refractivity (Wildman–Crippen MR) is 94.1 cm³/mol. The predicted octanol–water partition coefficient (Wildman–Crippen LogP) is 3.18. The molecule has 0 aromatic heterocycles. The molecule has 3 aliphatic rings. The van der Waals surface area contributed by atoms with Crippen LogP contribution in [0.4, 0.5) is 0 Å². The van der Waals surface area contributed by atoms with Gasteiger partial charge in [0, 0.05) is 35.1 Å². The third kappa shape index (κ3) is 3.64. The highest BCUT2D eigenvalue weighted by atomic mass is 32.3. The maximum absolute atomic E-state index is 12.7. The molecular formula is C17H29O4S2+. The molecule has 5 atom stereocenters. The lowest BCUT2D eigenvalue weighted by Crippen LogP contribution is -2.47. The van der Waals surface area contributed by atoms with Crippen molar-refractivity contribution in [3.63, 3.8) is 0 Å². The smallest absolute Gasteiger partial charge is 0.294 e. The van der Waals surface area contributed by atoms with Crippen molar-refractivity contribution >= 4 is 26.8 Å². The van der Waals surface area contributed by atoms with Crippen molar-refractivity contribution in [3.05, 3.63) is 0 Å². The van der Waals surface area contributed by atoms with Crippen LogP contribution in [-0.4, -0.2) is 34.3 Å². The Morgan fingerprint density at radius 3 is 2.39 bits per heavy atom. The fourth-order valence-corrected chi connectivity index (χ4v) is 10.5. The van der Waals surface area contributed by atoms with Crippen LogP contribution in [0.5, 0.6) is 0 Å². The van der Waals surface area contributed by atoms with Crippen LogP contribution in [0.25, 0.3) is 0 Å². The molecule has 0 saturated heterocycles. The topological polar surface area (TPSA) is 71.4 Å². The molecule has 0 aromatic carbocycles. The van der Waals surface area contributed by atoms with Crippen LogP contribution in [0.2, 0.25) is 0 Å². The van der Waals surface area contributed by atoms with Crippen molar-refractivity contribution in [3.8, 4) is 0 Å². The Labute approximate surface area is 142 Å². The first-order valence-electron chi connectivity index (χ1n) is 9.10. The van der Waals surface area contributed by atoms with Crippen molar-refractivity contribution in [2.24, 2.45) is 17.8 Å². The lowest BCUT2D eigenvalue weighted by Gasteiger charge is -2.29. The van der Waals surface area contributed by atoms with E-state index in [1.165, 1.54) is 19.3 Å². The zero-order chi connectivity index (χ0) is 16.6. The molecule has 0 aromatic rings. The number of carbonyl (C=O) groups excluding carboxylic acids is 1. The fourth-order valence-electron chi connectivity index (χ4n) is 4.99. The molecule has 0 amide bonds. The Balaban J connectivity index is 1.84. The van der Waals surface area contributed by atoms with Crippen molar-refractivity contribution in [2.75, 3.05) is 5.75 Å². The van der Waals surface area contributed by atoms with Gasteiger partial charge in [0.15, 0.2) is 11.0 Å². The van der Waals surface area contributed by atoms with Crippen LogP contribution < -0.4 is 0 Å². The molecule has 0 radical (unpaired) electrons. The molecular weight excluding hydrogens is 332 g/mol. The first kappa shape index (κ1) is 17.7. The molecule has 1 N–H and O–H groups in total. The monoisotopic (exact) mass is 361 g/mol. The number of carbonyl (C=O) groups is 1. The van der Waals surface area contributed by atoms with Gasteiger partial charge in [-0.2, -0.15) is 8.42 Å². The maximum atomic E-state index is 12.7. The van der Waals surface area contributed by atoms with Crippen LogP contribution >= 0.6 is 0 Å². The van der Waals surface area contributed by atoms with Crippen LogP contribution in [0, 0.1) is 17.8 Å². The number of fused-ring (bicyclic) bond motifs is 2. The quantitative estimate of drug-likeness (QED) is 0.582. The first-order valence-corrected chi connectivity index (χ1v) is 12.1. The van der Waals surface area contributed by atoms with E-state index in [4.69, 9.17) is 0 Å². The molecule has 0 spiro atoms. The SMILES string of the molecule is CCC([S+](CC1CCCCC1)C1C(=O)C2CCC1C2)S(=O)(=O)O. The number of Topliss-reactive ketones (excluding diaryl/α,β-unsaturated/α-hetero) is 1. The van der Waals surface area contributed by atoms with Gasteiger partial charge in [-0.25, -0.2) is 0 Å². The third-order valence-corrected chi connectivity index (χ3v) is 11.7. The van der Waals surface area contributed by atoms with E-state index in [0.29, 0.717) is 24.0 Å². The van der Waals surface area contributed by atoms with Crippen molar-refractivity contribution in [2.45, 2.75) is 74.5 Å². The summed E-state index contributed by atoms with van der Waals surface area (Å²) in [6, 6.07) is 0. The minimum Gasteiger partial charge on any atom is -0.294 e. The molecule has 132 valence electrons. The van der Waals surface area contributed by atoms with Crippen LogP contribution in [0.1, 0.15) is 64.7 Å². The highest BCUT2D eigenvalue weighted by molar-refractivity contribution is 8.10. The number of hydrogen-bond acceptors (Lipinski definition) is 3. The third-order valence-electron chi connectivity index (χ3n) is 6.07. The molecule has 3 saturated carbocycles. The van der Waals surface area contributed by atoms with E-state index in [9.17, 15) is 17.8 Å². The lowest BCUT2D eigenvalue weighted by molar-refractivity contribution is -0.121. The fraction of sp³-hybridized carbons (Fsp3) is 0.941. The number of rotatable bonds is 6. The van der Waals surface area contributed by atoms with Gasteiger partial charge in [-0.1, -0.05) is 26.2 Å². The number of hydrogen-bond donors (Lipinski definition) is 1. The average molecular weight is 362 g/mol. The largest absolute Gasteiger partial charge is 0.314 e. The van der Waals surface area contributed by atoms with E-state index in [2.05, 4.69) is 0 Å². The van der Waals surface area contributed by atoms with E-state index in [-0.39, 0.29) is 11.2 Å². The normalized spacial score (nSPS) is 34.7. The van der Waals surface area contributed by atoms with E-state index in [1.807, 2.05) is 6.92 Å². The van der Waals surface area contributed by atoms with E-state index in [0.717, 1.165) is 37.9 Å². The van der Waals surface area contributed by atoms with E-state index in [1.54, 1.807) is 0 Å². The molecule has 0 aliphatic heterocycles. The van der Waals surface area contributed by atoms with Crippen molar-refractivity contribution in [1.82, 2.24) is 0 Å². The summed E-state index contributed by atoms with van der Waals surface area (Å²) in [7, 11) is -4.60.